The Bertz CT molecular complexity index is 738. The van der Waals surface area contributed by atoms with Crippen molar-refractivity contribution in [3.05, 3.63) is 35.2 Å². The van der Waals surface area contributed by atoms with Crippen LogP contribution in [0, 0.1) is 0 Å². The molecule has 0 radical (unpaired) electrons. The largest absolute Gasteiger partial charge is 0.387 e. The first kappa shape index (κ1) is 16.1. The molecule has 0 spiro atoms. The molecule has 128 valence electrons. The van der Waals surface area contributed by atoms with Gasteiger partial charge in [0.05, 0.1) is 12.1 Å². The van der Waals surface area contributed by atoms with Gasteiger partial charge < -0.3 is 14.9 Å². The van der Waals surface area contributed by atoms with Crippen LogP contribution in [0.2, 0.25) is 0 Å². The maximum atomic E-state index is 12.9. The minimum Gasteiger partial charge on any atom is -0.387 e. The lowest BCUT2D eigenvalue weighted by molar-refractivity contribution is -0.0431. The normalized spacial score (nSPS) is 25.5. The van der Waals surface area contributed by atoms with Crippen molar-refractivity contribution in [2.75, 3.05) is 32.7 Å². The molecule has 1 aromatic heterocycles. The number of likely N-dealkylation sites (tertiary alicyclic amines) is 2. The summed E-state index contributed by atoms with van der Waals surface area (Å²) in [5, 5.41) is 14.2. The van der Waals surface area contributed by atoms with Gasteiger partial charge in [-0.05, 0) is 73.8 Å². The van der Waals surface area contributed by atoms with Crippen molar-refractivity contribution in [3.63, 3.8) is 0 Å². The van der Waals surface area contributed by atoms with E-state index in [1.165, 1.54) is 17.5 Å². The summed E-state index contributed by atoms with van der Waals surface area (Å²) in [6.07, 6.45) is 4.10. The van der Waals surface area contributed by atoms with E-state index in [0.29, 0.717) is 13.1 Å². The highest BCUT2D eigenvalue weighted by atomic mass is 32.1. The molecular weight excluding hydrogens is 320 g/mol. The molecule has 4 nitrogen and oxygen atoms in total. The molecule has 0 saturated carbocycles. The first-order chi connectivity index (χ1) is 11.6. The maximum absolute atomic E-state index is 12.9. The molecule has 5 heteroatoms. The van der Waals surface area contributed by atoms with Gasteiger partial charge in [0.25, 0.3) is 5.91 Å². The topological polar surface area (TPSA) is 43.8 Å². The fourth-order valence-corrected chi connectivity index (χ4v) is 4.82. The van der Waals surface area contributed by atoms with Crippen molar-refractivity contribution in [3.8, 4) is 0 Å². The summed E-state index contributed by atoms with van der Waals surface area (Å²) in [6, 6.07) is 7.96. The Kier molecular flexibility index (Phi) is 4.33. The van der Waals surface area contributed by atoms with E-state index in [-0.39, 0.29) is 5.91 Å². The van der Waals surface area contributed by atoms with Gasteiger partial charge in [-0.15, -0.1) is 11.3 Å². The summed E-state index contributed by atoms with van der Waals surface area (Å²) in [5.74, 6) is 0.0441. The third-order valence-electron chi connectivity index (χ3n) is 5.26. The molecule has 1 aromatic carbocycles. The molecular formula is C19H24N2O2S. The average molecular weight is 344 g/mol. The Labute approximate surface area is 146 Å². The monoisotopic (exact) mass is 344 g/mol. The summed E-state index contributed by atoms with van der Waals surface area (Å²) in [5.41, 5.74) is -0.0311. The second kappa shape index (κ2) is 6.47. The molecule has 1 N–H and O–H groups in total. The van der Waals surface area contributed by atoms with Crippen molar-refractivity contribution in [1.82, 2.24) is 9.80 Å². The summed E-state index contributed by atoms with van der Waals surface area (Å²) < 4.78 is 1.20. The number of carbonyl (C=O) groups excluding carboxylic acids is 1. The van der Waals surface area contributed by atoms with Crippen molar-refractivity contribution in [2.45, 2.75) is 31.3 Å². The molecule has 2 aromatic rings. The molecule has 4 rings (SSSR count). The first-order valence-electron chi connectivity index (χ1n) is 8.84. The molecule has 3 heterocycles. The highest BCUT2D eigenvalue weighted by Crippen LogP contribution is 2.27. The van der Waals surface area contributed by atoms with E-state index in [1.54, 1.807) is 11.3 Å². The minimum atomic E-state index is -0.759. The van der Waals surface area contributed by atoms with Crippen molar-refractivity contribution >= 4 is 27.3 Å². The van der Waals surface area contributed by atoms with E-state index in [1.807, 2.05) is 23.1 Å². The van der Waals surface area contributed by atoms with Gasteiger partial charge in [-0.1, -0.05) is 0 Å². The summed E-state index contributed by atoms with van der Waals surface area (Å²) in [4.78, 5) is 17.1. The molecule has 2 fully saturated rings. The van der Waals surface area contributed by atoms with E-state index < -0.39 is 5.60 Å². The van der Waals surface area contributed by atoms with E-state index in [2.05, 4.69) is 16.3 Å². The zero-order valence-electron chi connectivity index (χ0n) is 13.9. The van der Waals surface area contributed by atoms with Crippen LogP contribution < -0.4 is 0 Å². The quantitative estimate of drug-likeness (QED) is 0.931. The van der Waals surface area contributed by atoms with Crippen molar-refractivity contribution in [2.24, 2.45) is 0 Å². The number of carbonyl (C=O) groups is 1. The van der Waals surface area contributed by atoms with Gasteiger partial charge in [0, 0.05) is 23.4 Å². The van der Waals surface area contributed by atoms with Crippen LogP contribution in [0.4, 0.5) is 0 Å². The van der Waals surface area contributed by atoms with Crippen molar-refractivity contribution < 1.29 is 9.90 Å². The van der Waals surface area contributed by atoms with Crippen LogP contribution in [0.5, 0.6) is 0 Å². The predicted molar refractivity (Wildman–Crippen MR) is 97.6 cm³/mol. The Morgan fingerprint density at radius 1 is 1.17 bits per heavy atom. The number of aliphatic hydroxyl groups is 1. The summed E-state index contributed by atoms with van der Waals surface area (Å²) >= 11 is 1.69. The highest BCUT2D eigenvalue weighted by molar-refractivity contribution is 7.17. The molecule has 2 aliphatic heterocycles. The number of amides is 1. The van der Waals surface area contributed by atoms with E-state index >= 15 is 0 Å². The SMILES string of the molecule is O=C(c1ccc2sccc2c1)N1CCC[C@](O)(CN2CCCC2)C1. The summed E-state index contributed by atoms with van der Waals surface area (Å²) in [6.45, 7) is 4.03. The predicted octanol–water partition coefficient (Wildman–Crippen LogP) is 2.96. The van der Waals surface area contributed by atoms with E-state index in [4.69, 9.17) is 0 Å². The van der Waals surface area contributed by atoms with Crippen molar-refractivity contribution in [1.29, 1.82) is 0 Å². The molecule has 0 bridgehead atoms. The Balaban J connectivity index is 1.49. The Morgan fingerprint density at radius 3 is 2.83 bits per heavy atom. The van der Waals surface area contributed by atoms with Gasteiger partial charge >= 0.3 is 0 Å². The van der Waals surface area contributed by atoms with Crippen LogP contribution in [0.15, 0.2) is 29.6 Å². The van der Waals surface area contributed by atoms with Gasteiger partial charge in [-0.3, -0.25) is 4.79 Å². The third kappa shape index (κ3) is 3.21. The number of hydrogen-bond acceptors (Lipinski definition) is 4. The lowest BCUT2D eigenvalue weighted by Gasteiger charge is -2.41. The maximum Gasteiger partial charge on any atom is 0.253 e. The van der Waals surface area contributed by atoms with Crippen LogP contribution in [-0.2, 0) is 0 Å². The lowest BCUT2D eigenvalue weighted by Crippen LogP contribution is -2.55. The van der Waals surface area contributed by atoms with Gasteiger partial charge in [0.15, 0.2) is 0 Å². The number of nitrogens with zero attached hydrogens (tertiary/aromatic N) is 2. The third-order valence-corrected chi connectivity index (χ3v) is 6.16. The van der Waals surface area contributed by atoms with Crippen LogP contribution >= 0.6 is 11.3 Å². The van der Waals surface area contributed by atoms with Crippen LogP contribution in [0.3, 0.4) is 0 Å². The number of fused-ring (bicyclic) bond motifs is 1. The standard InChI is InChI=1S/C19H24N2O2S/c22-18(16-4-5-17-15(12-16)6-11-24-17)21-10-3-7-19(23,14-21)13-20-8-1-2-9-20/h4-6,11-12,23H,1-3,7-10,13-14H2/t19-/m0/s1. The molecule has 2 saturated heterocycles. The highest BCUT2D eigenvalue weighted by Gasteiger charge is 2.37. The Morgan fingerprint density at radius 2 is 2.00 bits per heavy atom. The first-order valence-corrected chi connectivity index (χ1v) is 9.72. The average Bonchev–Trinajstić information content (AvgIpc) is 3.24. The van der Waals surface area contributed by atoms with Gasteiger partial charge in [-0.25, -0.2) is 0 Å². The molecule has 24 heavy (non-hydrogen) atoms. The van der Waals surface area contributed by atoms with Gasteiger partial charge in [0.2, 0.25) is 0 Å². The Hall–Kier alpha value is -1.43. The number of β-amino-alcohol motifs (C(OH)–C–C–N with tert-alkyl or cyclic N) is 1. The number of hydrogen-bond donors (Lipinski definition) is 1. The smallest absolute Gasteiger partial charge is 0.253 e. The minimum absolute atomic E-state index is 0.0441. The fourth-order valence-electron chi connectivity index (χ4n) is 4.05. The second-order valence-electron chi connectivity index (χ2n) is 7.21. The number of benzene rings is 1. The summed E-state index contributed by atoms with van der Waals surface area (Å²) in [7, 11) is 0. The van der Waals surface area contributed by atoms with Crippen LogP contribution in [-0.4, -0.2) is 59.1 Å². The molecule has 0 aliphatic carbocycles. The molecule has 0 unspecified atom stereocenters. The number of thiophene rings is 1. The fraction of sp³-hybridized carbons (Fsp3) is 0.526. The molecule has 1 amide bonds. The second-order valence-corrected chi connectivity index (χ2v) is 8.16. The van der Waals surface area contributed by atoms with Gasteiger partial charge in [0.1, 0.15) is 0 Å². The lowest BCUT2D eigenvalue weighted by atomic mass is 9.91. The van der Waals surface area contributed by atoms with E-state index in [9.17, 15) is 9.90 Å². The molecule has 2 aliphatic rings. The number of piperidine rings is 1. The van der Waals surface area contributed by atoms with Gasteiger partial charge in [-0.2, -0.15) is 0 Å². The van der Waals surface area contributed by atoms with Crippen LogP contribution in [0.25, 0.3) is 10.1 Å². The van der Waals surface area contributed by atoms with E-state index in [0.717, 1.165) is 43.4 Å². The number of rotatable bonds is 3. The zero-order chi connectivity index (χ0) is 16.6. The van der Waals surface area contributed by atoms with Crippen LogP contribution in [0.1, 0.15) is 36.0 Å². The molecule has 1 atom stereocenters. The zero-order valence-corrected chi connectivity index (χ0v) is 14.7.